The first-order chi connectivity index (χ1) is 9.72. The van der Waals surface area contributed by atoms with Gasteiger partial charge in [-0.05, 0) is 47.6 Å². The van der Waals surface area contributed by atoms with Crippen molar-refractivity contribution in [1.82, 2.24) is 19.4 Å². The van der Waals surface area contributed by atoms with Gasteiger partial charge in [0.25, 0.3) is 0 Å². The molecule has 3 heterocycles. The van der Waals surface area contributed by atoms with Gasteiger partial charge in [0.2, 0.25) is 0 Å². The average Bonchev–Trinajstić information content (AvgIpc) is 3.19. The van der Waals surface area contributed by atoms with E-state index in [4.69, 9.17) is 5.73 Å². The Hall–Kier alpha value is -1.70. The van der Waals surface area contributed by atoms with Gasteiger partial charge in [-0.3, -0.25) is 0 Å². The number of halogens is 1. The molecule has 1 fully saturated rings. The highest BCUT2D eigenvalue weighted by Crippen LogP contribution is 2.42. The Morgan fingerprint density at radius 2 is 2.05 bits per heavy atom. The van der Waals surface area contributed by atoms with Crippen LogP contribution in [0.2, 0.25) is 0 Å². The number of hydrogen-bond donors (Lipinski definition) is 1. The zero-order valence-corrected chi connectivity index (χ0v) is 12.8. The Morgan fingerprint density at radius 1 is 1.20 bits per heavy atom. The third-order valence-electron chi connectivity index (χ3n) is 3.46. The van der Waals surface area contributed by atoms with Gasteiger partial charge < -0.3 is 10.1 Å². The first kappa shape index (κ1) is 12.1. The minimum Gasteiger partial charge on any atom is -0.383 e. The standard InChI is InChI=1S/C14H12IN5/c15-11-12(8-4-5-8)18-14(19-13(11)16)9-7-20-6-2-1-3-10(20)17-9/h1-3,6-8H,4-5H2,(H2,16,18,19). The summed E-state index contributed by atoms with van der Waals surface area (Å²) >= 11 is 2.23. The third kappa shape index (κ3) is 1.94. The number of nitrogen functional groups attached to an aromatic ring is 1. The molecule has 0 aromatic carbocycles. The number of aromatic nitrogens is 4. The lowest BCUT2D eigenvalue weighted by Crippen LogP contribution is -2.04. The largest absolute Gasteiger partial charge is 0.383 e. The molecule has 0 spiro atoms. The van der Waals surface area contributed by atoms with Crippen LogP contribution in [0.3, 0.4) is 0 Å². The number of fused-ring (bicyclic) bond motifs is 1. The summed E-state index contributed by atoms with van der Waals surface area (Å²) in [6.45, 7) is 0. The van der Waals surface area contributed by atoms with Crippen molar-refractivity contribution < 1.29 is 0 Å². The van der Waals surface area contributed by atoms with Gasteiger partial charge in [0.05, 0.1) is 9.26 Å². The van der Waals surface area contributed by atoms with E-state index < -0.39 is 0 Å². The number of imidazole rings is 1. The maximum Gasteiger partial charge on any atom is 0.182 e. The Morgan fingerprint density at radius 3 is 2.80 bits per heavy atom. The quantitative estimate of drug-likeness (QED) is 0.698. The van der Waals surface area contributed by atoms with Gasteiger partial charge in [-0.15, -0.1) is 0 Å². The molecule has 0 aliphatic heterocycles. The number of nitrogens with zero attached hydrogens (tertiary/aromatic N) is 4. The molecular weight excluding hydrogens is 365 g/mol. The summed E-state index contributed by atoms with van der Waals surface area (Å²) in [6, 6.07) is 5.89. The molecule has 100 valence electrons. The fourth-order valence-corrected chi connectivity index (χ4v) is 2.95. The van der Waals surface area contributed by atoms with Crippen LogP contribution in [0, 0.1) is 3.57 Å². The van der Waals surface area contributed by atoms with Crippen molar-refractivity contribution in [2.24, 2.45) is 0 Å². The predicted molar refractivity (Wildman–Crippen MR) is 85.3 cm³/mol. The van der Waals surface area contributed by atoms with Crippen LogP contribution >= 0.6 is 22.6 Å². The van der Waals surface area contributed by atoms with Crippen LogP contribution in [0.5, 0.6) is 0 Å². The molecule has 0 bridgehead atoms. The van der Waals surface area contributed by atoms with Crippen LogP contribution in [-0.2, 0) is 0 Å². The van der Waals surface area contributed by atoms with Gasteiger partial charge in [-0.1, -0.05) is 6.07 Å². The maximum absolute atomic E-state index is 6.03. The number of hydrogen-bond acceptors (Lipinski definition) is 4. The highest BCUT2D eigenvalue weighted by molar-refractivity contribution is 14.1. The van der Waals surface area contributed by atoms with Crippen molar-refractivity contribution in [2.45, 2.75) is 18.8 Å². The summed E-state index contributed by atoms with van der Waals surface area (Å²) in [7, 11) is 0. The molecule has 0 saturated heterocycles. The van der Waals surface area contributed by atoms with Gasteiger partial charge in [-0.2, -0.15) is 0 Å². The zero-order chi connectivity index (χ0) is 13.7. The maximum atomic E-state index is 6.03. The zero-order valence-electron chi connectivity index (χ0n) is 10.6. The monoisotopic (exact) mass is 377 g/mol. The number of nitrogens with two attached hydrogens (primary N) is 1. The molecule has 0 unspecified atom stereocenters. The van der Waals surface area contributed by atoms with E-state index in [0.717, 1.165) is 20.6 Å². The Labute approximate surface area is 129 Å². The lowest BCUT2D eigenvalue weighted by Gasteiger charge is -2.06. The summed E-state index contributed by atoms with van der Waals surface area (Å²) < 4.78 is 2.95. The lowest BCUT2D eigenvalue weighted by atomic mass is 10.2. The first-order valence-corrected chi connectivity index (χ1v) is 7.57. The van der Waals surface area contributed by atoms with Crippen LogP contribution in [0.1, 0.15) is 24.5 Å². The van der Waals surface area contributed by atoms with Crippen molar-refractivity contribution >= 4 is 34.1 Å². The Kier molecular flexibility index (Phi) is 2.66. The fraction of sp³-hybridized carbons (Fsp3) is 0.214. The molecular formula is C14H12IN5. The molecule has 0 radical (unpaired) electrons. The van der Waals surface area contributed by atoms with Gasteiger partial charge in [0.15, 0.2) is 5.82 Å². The Balaban J connectivity index is 1.88. The van der Waals surface area contributed by atoms with Crippen LogP contribution in [0.15, 0.2) is 30.6 Å². The summed E-state index contributed by atoms with van der Waals surface area (Å²) in [5, 5.41) is 0. The molecule has 20 heavy (non-hydrogen) atoms. The van der Waals surface area contributed by atoms with Crippen molar-refractivity contribution in [1.29, 1.82) is 0 Å². The van der Waals surface area contributed by atoms with E-state index in [0.29, 0.717) is 17.6 Å². The summed E-state index contributed by atoms with van der Waals surface area (Å²) in [4.78, 5) is 13.6. The van der Waals surface area contributed by atoms with E-state index >= 15 is 0 Å². The van der Waals surface area contributed by atoms with Crippen LogP contribution in [0.25, 0.3) is 17.2 Å². The highest BCUT2D eigenvalue weighted by atomic mass is 127. The van der Waals surface area contributed by atoms with Crippen LogP contribution in [0.4, 0.5) is 5.82 Å². The van der Waals surface area contributed by atoms with E-state index in [-0.39, 0.29) is 0 Å². The summed E-state index contributed by atoms with van der Waals surface area (Å²) in [5.41, 5.74) is 8.75. The summed E-state index contributed by atoms with van der Waals surface area (Å²) in [5.74, 6) is 1.71. The fourth-order valence-electron chi connectivity index (χ4n) is 2.27. The molecule has 1 aliphatic rings. The van der Waals surface area contributed by atoms with Gasteiger partial charge in [0.1, 0.15) is 17.2 Å². The smallest absolute Gasteiger partial charge is 0.182 e. The van der Waals surface area contributed by atoms with Crippen molar-refractivity contribution in [3.63, 3.8) is 0 Å². The molecule has 6 heteroatoms. The number of pyridine rings is 1. The number of anilines is 1. The lowest BCUT2D eigenvalue weighted by molar-refractivity contribution is 0.979. The first-order valence-electron chi connectivity index (χ1n) is 6.49. The second-order valence-corrected chi connectivity index (χ2v) is 6.08. The molecule has 3 aromatic heterocycles. The van der Waals surface area contributed by atoms with Gasteiger partial charge in [0, 0.05) is 18.3 Å². The molecule has 0 atom stereocenters. The second kappa shape index (κ2) is 4.41. The predicted octanol–water partition coefficient (Wildman–Crippen LogP) is 2.86. The average molecular weight is 377 g/mol. The van der Waals surface area contributed by atoms with E-state index in [1.54, 1.807) is 0 Å². The number of rotatable bonds is 2. The molecule has 5 nitrogen and oxygen atoms in total. The molecule has 4 rings (SSSR count). The molecule has 2 N–H and O–H groups in total. The van der Waals surface area contributed by atoms with Crippen molar-refractivity contribution in [2.75, 3.05) is 5.73 Å². The van der Waals surface area contributed by atoms with Crippen molar-refractivity contribution in [3.05, 3.63) is 39.9 Å². The molecule has 3 aromatic rings. The molecule has 0 amide bonds. The third-order valence-corrected chi connectivity index (χ3v) is 4.56. The molecule has 1 aliphatic carbocycles. The normalized spacial score (nSPS) is 14.8. The topological polar surface area (TPSA) is 69.1 Å². The molecule has 1 saturated carbocycles. The summed E-state index contributed by atoms with van der Waals surface area (Å²) in [6.07, 6.45) is 6.28. The highest BCUT2D eigenvalue weighted by Gasteiger charge is 2.29. The van der Waals surface area contributed by atoms with Crippen LogP contribution in [-0.4, -0.2) is 19.4 Å². The van der Waals surface area contributed by atoms with E-state index in [1.165, 1.54) is 12.8 Å². The minimum absolute atomic E-state index is 0.544. The van der Waals surface area contributed by atoms with Gasteiger partial charge in [-0.25, -0.2) is 15.0 Å². The SMILES string of the molecule is Nc1nc(-c2cn3ccccc3n2)nc(C2CC2)c1I. The Bertz CT molecular complexity index is 773. The van der Waals surface area contributed by atoms with E-state index in [9.17, 15) is 0 Å². The van der Waals surface area contributed by atoms with Crippen molar-refractivity contribution in [3.8, 4) is 11.5 Å². The van der Waals surface area contributed by atoms with Crippen LogP contribution < -0.4 is 5.73 Å². The van der Waals surface area contributed by atoms with E-state index in [1.807, 2.05) is 35.0 Å². The second-order valence-electron chi connectivity index (χ2n) is 5.00. The minimum atomic E-state index is 0.544. The van der Waals surface area contributed by atoms with E-state index in [2.05, 4.69) is 37.5 Å². The van der Waals surface area contributed by atoms with Gasteiger partial charge >= 0.3 is 0 Å².